The molecule has 0 atom stereocenters. The summed E-state index contributed by atoms with van der Waals surface area (Å²) >= 11 is 0. The molecule has 0 saturated carbocycles. The van der Waals surface area contributed by atoms with Crippen molar-refractivity contribution >= 4 is 5.78 Å². The molecule has 1 aromatic carbocycles. The van der Waals surface area contributed by atoms with Crippen molar-refractivity contribution in [3.63, 3.8) is 0 Å². The van der Waals surface area contributed by atoms with Crippen LogP contribution in [0.2, 0.25) is 0 Å². The predicted molar refractivity (Wildman–Crippen MR) is 124 cm³/mol. The van der Waals surface area contributed by atoms with Gasteiger partial charge in [-0.25, -0.2) is 9.67 Å². The van der Waals surface area contributed by atoms with Gasteiger partial charge in [0.25, 0.3) is 0 Å². The molecule has 0 amide bonds. The Bertz CT molecular complexity index is 1180. The number of aromatic nitrogens is 8. The lowest BCUT2D eigenvalue weighted by Gasteiger charge is -2.08. The van der Waals surface area contributed by atoms with Gasteiger partial charge in [0.2, 0.25) is 17.4 Å². The minimum Gasteiger partial charge on any atom is -0.291 e. The highest BCUT2D eigenvalue weighted by Gasteiger charge is 2.17. The number of hydrogen-bond acceptors (Lipinski definition) is 7. The lowest BCUT2D eigenvalue weighted by Crippen LogP contribution is -2.08. The average Bonchev–Trinajstić information content (AvgIpc) is 3.52. The molecule has 0 spiro atoms. The number of ketones is 1. The first kappa shape index (κ1) is 22.4. The van der Waals surface area contributed by atoms with E-state index in [1.807, 2.05) is 41.1 Å². The lowest BCUT2D eigenvalue weighted by atomic mass is 10.0. The highest BCUT2D eigenvalue weighted by Crippen LogP contribution is 2.27. The van der Waals surface area contributed by atoms with Crippen LogP contribution in [0.5, 0.6) is 0 Å². The monoisotopic (exact) mass is 444 g/mol. The minimum atomic E-state index is 0.0212. The molecule has 0 saturated heterocycles. The number of unbranched alkanes of at least 4 members (excludes halogenated alkanes) is 2. The van der Waals surface area contributed by atoms with E-state index in [1.165, 1.54) is 0 Å². The van der Waals surface area contributed by atoms with Crippen molar-refractivity contribution < 1.29 is 4.79 Å². The van der Waals surface area contributed by atoms with Gasteiger partial charge in [-0.2, -0.15) is 5.21 Å². The lowest BCUT2D eigenvalue weighted by molar-refractivity contribution is 0.0969. The topological polar surface area (TPSA) is 115 Å². The number of hydrogen-bond donors (Lipinski definition) is 1. The number of aryl methyl sites for hydroxylation is 1. The van der Waals surface area contributed by atoms with Crippen molar-refractivity contribution in [1.29, 1.82) is 0 Å². The molecular formula is C24H28N8O. The number of nitrogens with zero attached hydrogens (tertiary/aromatic N) is 7. The van der Waals surface area contributed by atoms with Crippen molar-refractivity contribution in [1.82, 2.24) is 40.4 Å². The molecule has 1 N–H and O–H groups in total. The first-order chi connectivity index (χ1) is 16.2. The summed E-state index contributed by atoms with van der Waals surface area (Å²) < 4.78 is 1.87. The molecule has 9 nitrogen and oxygen atoms in total. The van der Waals surface area contributed by atoms with Crippen molar-refractivity contribution in [2.45, 2.75) is 58.9 Å². The number of rotatable bonds is 11. The first-order valence-corrected chi connectivity index (χ1v) is 11.4. The van der Waals surface area contributed by atoms with Crippen LogP contribution in [0.4, 0.5) is 0 Å². The van der Waals surface area contributed by atoms with Gasteiger partial charge in [0.1, 0.15) is 5.82 Å². The summed E-state index contributed by atoms with van der Waals surface area (Å²) in [6.07, 6.45) is 6.97. The van der Waals surface area contributed by atoms with Crippen molar-refractivity contribution in [2.75, 3.05) is 0 Å². The molecule has 4 rings (SSSR count). The summed E-state index contributed by atoms with van der Waals surface area (Å²) in [5, 5.41) is 18.9. The Hall–Kier alpha value is -3.75. The van der Waals surface area contributed by atoms with E-state index in [2.05, 4.69) is 49.5 Å². The Morgan fingerprint density at radius 1 is 1.06 bits per heavy atom. The predicted octanol–water partition coefficient (Wildman–Crippen LogP) is 4.28. The van der Waals surface area contributed by atoms with E-state index in [-0.39, 0.29) is 5.78 Å². The zero-order valence-electron chi connectivity index (χ0n) is 19.0. The second kappa shape index (κ2) is 10.7. The van der Waals surface area contributed by atoms with Crippen molar-refractivity contribution in [2.24, 2.45) is 0 Å². The zero-order valence-corrected chi connectivity index (χ0v) is 19.0. The van der Waals surface area contributed by atoms with Gasteiger partial charge in [-0.1, -0.05) is 51.0 Å². The molecule has 0 bridgehead atoms. The number of tetrazole rings is 1. The van der Waals surface area contributed by atoms with Gasteiger partial charge in [-0.15, -0.1) is 15.3 Å². The smallest absolute Gasteiger partial charge is 0.217 e. The molecule has 4 aromatic rings. The van der Waals surface area contributed by atoms with Crippen LogP contribution >= 0.6 is 0 Å². The van der Waals surface area contributed by atoms with Gasteiger partial charge < -0.3 is 0 Å². The molecule has 3 heterocycles. The highest BCUT2D eigenvalue weighted by molar-refractivity contribution is 5.92. The van der Waals surface area contributed by atoms with Gasteiger partial charge in [0, 0.05) is 30.2 Å². The molecule has 170 valence electrons. The molecule has 0 aliphatic carbocycles. The van der Waals surface area contributed by atoms with E-state index in [0.717, 1.165) is 60.3 Å². The number of aromatic amines is 1. The number of nitrogens with one attached hydrogen (secondary N) is 1. The van der Waals surface area contributed by atoms with E-state index >= 15 is 0 Å². The summed E-state index contributed by atoms with van der Waals surface area (Å²) in [5.41, 5.74) is 3.64. The van der Waals surface area contributed by atoms with Crippen LogP contribution in [-0.2, 0) is 13.0 Å². The molecule has 0 unspecified atom stereocenters. The Labute approximate surface area is 192 Å². The summed E-state index contributed by atoms with van der Waals surface area (Å²) in [7, 11) is 0. The third kappa shape index (κ3) is 5.36. The standard InChI is InChI=1S/C24H28N8O/c1-3-5-9-20(33)24-26-21(10-6-4-2)32(29-24)16-17-11-13-18(14-12-17)22-19(8-7-15-25-22)23-27-30-31-28-23/h7-8,11-15H,3-6,9-10,16H2,1-2H3,(H,27,28,30,31). The van der Waals surface area contributed by atoms with Crippen LogP contribution in [0.3, 0.4) is 0 Å². The average molecular weight is 445 g/mol. The van der Waals surface area contributed by atoms with Gasteiger partial charge in [-0.3, -0.25) is 9.78 Å². The Kier molecular flexibility index (Phi) is 7.29. The minimum absolute atomic E-state index is 0.0212. The zero-order chi connectivity index (χ0) is 23.0. The van der Waals surface area contributed by atoms with Gasteiger partial charge in [0.15, 0.2) is 0 Å². The van der Waals surface area contributed by atoms with Gasteiger partial charge in [0.05, 0.1) is 12.2 Å². The van der Waals surface area contributed by atoms with E-state index in [4.69, 9.17) is 0 Å². The second-order valence-corrected chi connectivity index (χ2v) is 7.97. The molecule has 33 heavy (non-hydrogen) atoms. The fraction of sp³-hybridized carbons (Fsp3) is 0.375. The third-order valence-corrected chi connectivity index (χ3v) is 5.46. The number of carbonyl (C=O) groups excluding carboxylic acids is 1. The van der Waals surface area contributed by atoms with Crippen LogP contribution in [0.25, 0.3) is 22.6 Å². The van der Waals surface area contributed by atoms with E-state index < -0.39 is 0 Å². The van der Waals surface area contributed by atoms with Crippen LogP contribution in [0.1, 0.15) is 68.0 Å². The van der Waals surface area contributed by atoms with Crippen LogP contribution < -0.4 is 0 Å². The normalized spacial score (nSPS) is 11.1. The Balaban J connectivity index is 1.56. The summed E-state index contributed by atoms with van der Waals surface area (Å²) in [6, 6.07) is 11.9. The fourth-order valence-electron chi connectivity index (χ4n) is 3.62. The maximum atomic E-state index is 12.5. The maximum absolute atomic E-state index is 12.5. The summed E-state index contributed by atoms with van der Waals surface area (Å²) in [6.45, 7) is 4.78. The molecular weight excluding hydrogens is 416 g/mol. The number of H-pyrrole nitrogens is 1. The van der Waals surface area contributed by atoms with Crippen molar-refractivity contribution in [3.8, 4) is 22.6 Å². The fourth-order valence-corrected chi connectivity index (χ4v) is 3.62. The number of carbonyl (C=O) groups is 1. The maximum Gasteiger partial charge on any atom is 0.217 e. The molecule has 0 radical (unpaired) electrons. The Morgan fingerprint density at radius 2 is 1.88 bits per heavy atom. The van der Waals surface area contributed by atoms with Crippen LogP contribution in [-0.4, -0.2) is 46.2 Å². The molecule has 0 aliphatic heterocycles. The SMILES string of the molecule is CCCCC(=O)c1nc(CCCC)n(Cc2ccc(-c3ncccc3-c3nn[nH]n3)cc2)n1. The van der Waals surface area contributed by atoms with Gasteiger partial charge >= 0.3 is 0 Å². The number of pyridine rings is 1. The van der Waals surface area contributed by atoms with Crippen LogP contribution in [0, 0.1) is 0 Å². The summed E-state index contributed by atoms with van der Waals surface area (Å²) in [4.78, 5) is 21.6. The van der Waals surface area contributed by atoms with Gasteiger partial charge in [-0.05, 0) is 35.8 Å². The Morgan fingerprint density at radius 3 is 2.61 bits per heavy atom. The first-order valence-electron chi connectivity index (χ1n) is 11.4. The summed E-state index contributed by atoms with van der Waals surface area (Å²) in [5.74, 6) is 1.73. The molecule has 9 heteroatoms. The second-order valence-electron chi connectivity index (χ2n) is 7.97. The van der Waals surface area contributed by atoms with E-state index in [9.17, 15) is 4.79 Å². The van der Waals surface area contributed by atoms with Crippen molar-refractivity contribution in [3.05, 3.63) is 59.8 Å². The molecule has 0 fully saturated rings. The highest BCUT2D eigenvalue weighted by atomic mass is 16.1. The molecule has 3 aromatic heterocycles. The van der Waals surface area contributed by atoms with Crippen LogP contribution in [0.15, 0.2) is 42.6 Å². The van der Waals surface area contributed by atoms with E-state index in [0.29, 0.717) is 24.6 Å². The largest absolute Gasteiger partial charge is 0.291 e. The van der Waals surface area contributed by atoms with E-state index in [1.54, 1.807) is 6.20 Å². The quantitative estimate of drug-likeness (QED) is 0.343. The molecule has 0 aliphatic rings. The number of benzene rings is 1. The third-order valence-electron chi connectivity index (χ3n) is 5.46. The number of Topliss-reactive ketones (excluding diaryl/α,β-unsaturated/α-hetero) is 1.